The Labute approximate surface area is 340 Å². The van der Waals surface area contributed by atoms with Crippen molar-refractivity contribution in [2.45, 2.75) is 172 Å². The highest BCUT2D eigenvalue weighted by molar-refractivity contribution is 5.81. The number of hydrogen-bond donors (Lipinski definition) is 9. The molecule has 1 unspecified atom stereocenters. The molecule has 334 valence electrons. The Balaban J connectivity index is 2.01. The van der Waals surface area contributed by atoms with E-state index in [9.17, 15) is 39.6 Å². The summed E-state index contributed by atoms with van der Waals surface area (Å²) in [5.41, 5.74) is 8.07. The summed E-state index contributed by atoms with van der Waals surface area (Å²) in [5.74, 6) is -1.57. The van der Waals surface area contributed by atoms with E-state index in [1.54, 1.807) is 68.4 Å². The van der Waals surface area contributed by atoms with E-state index in [1.165, 1.54) is 14.0 Å². The van der Waals surface area contributed by atoms with Gasteiger partial charge in [0.2, 0.25) is 5.91 Å². The number of nitrogens with one attached hydrogen (secondary N) is 3. The van der Waals surface area contributed by atoms with Crippen LogP contribution in [-0.4, -0.2) is 160 Å². The van der Waals surface area contributed by atoms with Crippen LogP contribution in [0.5, 0.6) is 0 Å². The molecule has 3 rings (SSSR count). The first-order chi connectivity index (χ1) is 26.5. The van der Waals surface area contributed by atoms with Crippen molar-refractivity contribution >= 4 is 24.2 Å². The zero-order valence-electron chi connectivity index (χ0n) is 35.6. The third-order valence-electron chi connectivity index (χ3n) is 9.60. The summed E-state index contributed by atoms with van der Waals surface area (Å²) < 4.78 is 34.6. The Morgan fingerprint density at radius 2 is 1.53 bits per heavy atom. The molecular weight excluding hydrogens is 764 g/mol. The number of carbonyl (C=O) groups excluding carboxylic acids is 4. The molecule has 11 N–H and O–H groups in total. The van der Waals surface area contributed by atoms with Crippen molar-refractivity contribution in [3.63, 3.8) is 0 Å². The van der Waals surface area contributed by atoms with Gasteiger partial charge in [0, 0.05) is 31.6 Å². The lowest BCUT2D eigenvalue weighted by molar-refractivity contribution is -0.305. The van der Waals surface area contributed by atoms with E-state index < -0.39 is 120 Å². The zero-order valence-corrected chi connectivity index (χ0v) is 35.6. The average Bonchev–Trinajstić information content (AvgIpc) is 3.05. The van der Waals surface area contributed by atoms with Crippen molar-refractivity contribution in [2.75, 3.05) is 26.7 Å². The first kappa shape index (κ1) is 48.9. The maximum Gasteiger partial charge on any atom is 0.410 e. The number of aliphatic hydroxyl groups is 4. The maximum absolute atomic E-state index is 13.6. The summed E-state index contributed by atoms with van der Waals surface area (Å²) in [4.78, 5) is 53.2. The largest absolute Gasteiger partial charge is 0.492 e. The van der Waals surface area contributed by atoms with Crippen LogP contribution in [0.15, 0.2) is 11.8 Å². The Morgan fingerprint density at radius 1 is 0.948 bits per heavy atom. The molecule has 20 nitrogen and oxygen atoms in total. The summed E-state index contributed by atoms with van der Waals surface area (Å²) in [6.45, 7) is 15.8. The summed E-state index contributed by atoms with van der Waals surface area (Å²) >= 11 is 0. The number of nitrogens with zero attached hydrogens (tertiary/aromatic N) is 1. The first-order valence-corrected chi connectivity index (χ1v) is 19.6. The molecule has 0 radical (unpaired) electrons. The lowest BCUT2D eigenvalue weighted by Crippen LogP contribution is -2.71. The Morgan fingerprint density at radius 3 is 2.10 bits per heavy atom. The second-order valence-corrected chi connectivity index (χ2v) is 18.4. The molecule has 1 saturated carbocycles. The predicted molar refractivity (Wildman–Crippen MR) is 208 cm³/mol. The van der Waals surface area contributed by atoms with Crippen LogP contribution >= 0.6 is 0 Å². The number of hydrogen-bond acceptors (Lipinski definition) is 16. The van der Waals surface area contributed by atoms with Gasteiger partial charge in [-0.15, -0.1) is 0 Å². The van der Waals surface area contributed by atoms with Gasteiger partial charge in [-0.2, -0.15) is 0 Å². The minimum Gasteiger partial charge on any atom is -0.492 e. The predicted octanol–water partition coefficient (Wildman–Crippen LogP) is 0.0687. The number of amides is 4. The summed E-state index contributed by atoms with van der Waals surface area (Å²) in [5, 5.41) is 54.2. The van der Waals surface area contributed by atoms with Crippen LogP contribution < -0.4 is 27.4 Å². The number of carbonyl (C=O) groups is 4. The highest BCUT2D eigenvalue weighted by atomic mass is 16.7. The van der Waals surface area contributed by atoms with Crippen molar-refractivity contribution in [1.29, 1.82) is 0 Å². The monoisotopic (exact) mass is 832 g/mol. The fraction of sp³-hybridized carbons (Fsp3) is 0.842. The van der Waals surface area contributed by atoms with Gasteiger partial charge in [-0.05, 0) is 94.6 Å². The van der Waals surface area contributed by atoms with Crippen LogP contribution in [0.4, 0.5) is 14.4 Å². The minimum absolute atomic E-state index is 0.0179. The van der Waals surface area contributed by atoms with Crippen molar-refractivity contribution in [3.05, 3.63) is 11.8 Å². The second kappa shape index (κ2) is 19.3. The number of aliphatic hydroxyl groups excluding tert-OH is 3. The molecule has 0 aromatic rings. The highest BCUT2D eigenvalue weighted by Crippen LogP contribution is 2.38. The minimum atomic E-state index is -1.81. The molecule has 20 heteroatoms. The van der Waals surface area contributed by atoms with Gasteiger partial charge in [-0.1, -0.05) is 0 Å². The van der Waals surface area contributed by atoms with Gasteiger partial charge in [-0.3, -0.25) is 4.79 Å². The Bertz CT molecular complexity index is 1460. The molecule has 0 aromatic carbocycles. The number of ether oxygens (including phenoxy) is 6. The third-order valence-corrected chi connectivity index (χ3v) is 9.60. The normalized spacial score (nSPS) is 32.4. The van der Waals surface area contributed by atoms with E-state index in [1.807, 2.05) is 0 Å². The van der Waals surface area contributed by atoms with Gasteiger partial charge in [0.15, 0.2) is 6.29 Å². The summed E-state index contributed by atoms with van der Waals surface area (Å²) in [7, 11) is 1.34. The molecule has 12 atom stereocenters. The van der Waals surface area contributed by atoms with Crippen molar-refractivity contribution in [3.8, 4) is 0 Å². The average molecular weight is 833 g/mol. The van der Waals surface area contributed by atoms with E-state index in [0.29, 0.717) is 12.2 Å². The summed E-state index contributed by atoms with van der Waals surface area (Å²) in [6, 6.07) is -4.27. The van der Waals surface area contributed by atoms with E-state index in [4.69, 9.17) is 39.9 Å². The smallest absolute Gasteiger partial charge is 0.410 e. The molecule has 4 amide bonds. The Kier molecular flexibility index (Phi) is 16.2. The van der Waals surface area contributed by atoms with E-state index in [0.717, 1.165) is 4.90 Å². The van der Waals surface area contributed by atoms with E-state index in [2.05, 4.69) is 16.0 Å². The number of likely N-dealkylation sites (N-methyl/N-ethyl adjacent to an activating group) is 1. The van der Waals surface area contributed by atoms with Crippen molar-refractivity contribution in [2.24, 2.45) is 17.4 Å². The van der Waals surface area contributed by atoms with Crippen LogP contribution in [-0.2, 0) is 33.2 Å². The van der Waals surface area contributed by atoms with Gasteiger partial charge in [0.25, 0.3) is 0 Å². The van der Waals surface area contributed by atoms with E-state index in [-0.39, 0.29) is 25.9 Å². The van der Waals surface area contributed by atoms with Crippen LogP contribution in [0.2, 0.25) is 0 Å². The van der Waals surface area contributed by atoms with E-state index >= 15 is 0 Å². The molecule has 1 aliphatic carbocycles. The van der Waals surface area contributed by atoms with Crippen LogP contribution in [0, 0.1) is 5.92 Å². The fourth-order valence-electron chi connectivity index (χ4n) is 7.18. The summed E-state index contributed by atoms with van der Waals surface area (Å²) in [6.07, 6.45) is -9.89. The number of alkyl carbamates (subject to hydrolysis) is 2. The van der Waals surface area contributed by atoms with Gasteiger partial charge in [0.1, 0.15) is 52.6 Å². The molecule has 0 bridgehead atoms. The lowest BCUT2D eigenvalue weighted by Gasteiger charge is -2.52. The molecule has 1 saturated heterocycles. The fourth-order valence-corrected chi connectivity index (χ4v) is 7.18. The molecule has 0 spiro atoms. The van der Waals surface area contributed by atoms with Gasteiger partial charge in [0.05, 0.1) is 31.3 Å². The van der Waals surface area contributed by atoms with Crippen molar-refractivity contribution in [1.82, 2.24) is 20.9 Å². The standard InChI is InChI=1S/C38H68N6O14/c1-35(2,3)56-32(49)41-15-14-23(45)30(48)42-22-16-21(43-33(50)57-36(4,5)6)24(27-20(40)13-12-19(17-39)54-27)25(46)28(22)55-31-26(47)29(38(10,52)18-53-31)44(11)34(51)58-37(7,8)9/h12,20-29,31,45-47,52H,13-18,39-40H2,1-11H3,(H,41,49)(H,42,48)(H,43,50)/t20-,21+,22-,23+,24?,25+,26-,27+,28+,29-,31-,38+/m1/s1. The maximum atomic E-state index is 13.6. The number of rotatable bonds is 11. The molecule has 2 fully saturated rings. The van der Waals surface area contributed by atoms with Crippen molar-refractivity contribution < 1.29 is 68.0 Å². The highest BCUT2D eigenvalue weighted by Gasteiger charge is 2.56. The zero-order chi connectivity index (χ0) is 44.1. The molecule has 3 aliphatic rings. The van der Waals surface area contributed by atoms with Gasteiger partial charge >= 0.3 is 18.3 Å². The van der Waals surface area contributed by atoms with Crippen LogP contribution in [0.1, 0.15) is 88.5 Å². The second-order valence-electron chi connectivity index (χ2n) is 18.4. The molecule has 0 aromatic heterocycles. The van der Waals surface area contributed by atoms with Gasteiger partial charge < -0.3 is 81.2 Å². The molecular formula is C38H68N6O14. The van der Waals surface area contributed by atoms with Crippen LogP contribution in [0.25, 0.3) is 0 Å². The molecule has 2 heterocycles. The quantitative estimate of drug-likeness (QED) is 0.125. The number of nitrogens with two attached hydrogens (primary N) is 2. The Hall–Kier alpha value is -3.50. The van der Waals surface area contributed by atoms with Crippen LogP contribution in [0.3, 0.4) is 0 Å². The van der Waals surface area contributed by atoms with Gasteiger partial charge in [-0.25, -0.2) is 14.4 Å². The molecule has 2 aliphatic heterocycles. The SMILES string of the molecule is CN(C(=O)OC(C)(C)C)[C@@H]1[C@@H](O)[C@@H](O[C@H]2[C@H](NC(=O)[C@@H](O)CCNC(=O)OC(C)(C)C)C[C@H](NC(=O)OC(C)(C)C)C([C@H]3OC(CN)=CC[C@H]3N)[C@@H]2O)OC[C@]1(C)O. The molecule has 58 heavy (non-hydrogen) atoms. The topological polar surface area (TPSA) is 296 Å². The third kappa shape index (κ3) is 13.8. The lowest BCUT2D eigenvalue weighted by atomic mass is 9.72. The first-order valence-electron chi connectivity index (χ1n) is 19.6.